The number of aryl methyl sites for hydroxylation is 1. The van der Waals surface area contributed by atoms with E-state index in [1.54, 1.807) is 0 Å². The summed E-state index contributed by atoms with van der Waals surface area (Å²) in [5, 5.41) is 6.78. The van der Waals surface area contributed by atoms with Gasteiger partial charge in [-0.25, -0.2) is 4.99 Å². The van der Waals surface area contributed by atoms with E-state index < -0.39 is 0 Å². The molecule has 0 spiro atoms. The highest BCUT2D eigenvalue weighted by Crippen LogP contribution is 2.32. The Balaban J connectivity index is 1.73. The van der Waals surface area contributed by atoms with Crippen LogP contribution in [0.1, 0.15) is 60.1 Å². The van der Waals surface area contributed by atoms with Crippen LogP contribution in [0.2, 0.25) is 0 Å². The molecule has 7 heteroatoms. The predicted octanol–water partition coefficient (Wildman–Crippen LogP) is 4.10. The number of hydrogen-bond acceptors (Lipinski definition) is 7. The third-order valence-electron chi connectivity index (χ3n) is 6.71. The molecule has 3 rings (SSSR count). The molecule has 0 radical (unpaired) electrons. The van der Waals surface area contributed by atoms with Gasteiger partial charge in [0, 0.05) is 49.7 Å². The zero-order valence-electron chi connectivity index (χ0n) is 21.4. The fourth-order valence-electron chi connectivity index (χ4n) is 4.62. The number of nitrogens with zero attached hydrogens (tertiary/aromatic N) is 4. The smallest absolute Gasteiger partial charge is 0.169 e. The first-order valence-corrected chi connectivity index (χ1v) is 12.6. The Labute approximate surface area is 200 Å². The normalized spacial score (nSPS) is 18.9. The Bertz CT molecular complexity index is 887. The number of aliphatic imine (C=N–C) groups is 1. The molecule has 0 bridgehead atoms. The quantitative estimate of drug-likeness (QED) is 0.489. The van der Waals surface area contributed by atoms with Crippen molar-refractivity contribution in [2.24, 2.45) is 16.6 Å². The first-order chi connectivity index (χ1) is 15.8. The maximum absolute atomic E-state index is 6.32. The lowest BCUT2D eigenvalue weighted by atomic mass is 9.95. The van der Waals surface area contributed by atoms with E-state index in [-0.39, 0.29) is 0 Å². The molecule has 2 aliphatic rings. The summed E-state index contributed by atoms with van der Waals surface area (Å²) in [6, 6.07) is 3.06. The van der Waals surface area contributed by atoms with Gasteiger partial charge in [-0.05, 0) is 65.0 Å². The summed E-state index contributed by atoms with van der Waals surface area (Å²) in [5.74, 6) is 1.89. The molecular weight excluding hydrogens is 410 g/mol. The van der Waals surface area contributed by atoms with Crippen LogP contribution in [-0.4, -0.2) is 53.9 Å². The van der Waals surface area contributed by atoms with Crippen LogP contribution in [0.4, 0.5) is 11.4 Å². The number of hydrogen-bond donors (Lipinski definition) is 3. The average Bonchev–Trinajstić information content (AvgIpc) is 2.82. The van der Waals surface area contributed by atoms with Crippen LogP contribution < -0.4 is 21.3 Å². The van der Waals surface area contributed by atoms with Gasteiger partial charge < -0.3 is 26.2 Å². The van der Waals surface area contributed by atoms with E-state index in [2.05, 4.69) is 85.2 Å². The van der Waals surface area contributed by atoms with Crippen molar-refractivity contribution in [3.63, 3.8) is 0 Å². The van der Waals surface area contributed by atoms with Crippen molar-refractivity contribution >= 4 is 17.1 Å². The Kier molecular flexibility index (Phi) is 8.64. The molecule has 0 aliphatic carbocycles. The van der Waals surface area contributed by atoms with E-state index in [0.29, 0.717) is 23.8 Å². The van der Waals surface area contributed by atoms with Crippen molar-refractivity contribution < 1.29 is 0 Å². The molecule has 0 fully saturated rings. The molecule has 0 aromatic carbocycles. The lowest BCUT2D eigenvalue weighted by Gasteiger charge is -2.37. The number of pyridine rings is 1. The van der Waals surface area contributed by atoms with E-state index in [9.17, 15) is 0 Å². The fraction of sp³-hybridized carbons (Fsp3) is 0.615. The van der Waals surface area contributed by atoms with E-state index in [1.165, 1.54) is 5.69 Å². The van der Waals surface area contributed by atoms with E-state index >= 15 is 0 Å². The number of fused-ring (bicyclic) bond motifs is 1. The third-order valence-corrected chi connectivity index (χ3v) is 6.71. The highest BCUT2D eigenvalue weighted by atomic mass is 15.3. The second-order valence-electron chi connectivity index (χ2n) is 9.48. The molecule has 33 heavy (non-hydrogen) atoms. The summed E-state index contributed by atoms with van der Waals surface area (Å²) in [7, 11) is 0. The van der Waals surface area contributed by atoms with E-state index in [4.69, 9.17) is 10.7 Å². The summed E-state index contributed by atoms with van der Waals surface area (Å²) in [6.07, 6.45) is 9.33. The third kappa shape index (κ3) is 6.01. The van der Waals surface area contributed by atoms with Crippen molar-refractivity contribution in [2.45, 2.75) is 72.9 Å². The van der Waals surface area contributed by atoms with Crippen molar-refractivity contribution in [2.75, 3.05) is 36.4 Å². The monoisotopic (exact) mass is 453 g/mol. The van der Waals surface area contributed by atoms with Gasteiger partial charge in [0.25, 0.3) is 0 Å². The fourth-order valence-corrected chi connectivity index (χ4v) is 4.62. The van der Waals surface area contributed by atoms with Gasteiger partial charge in [-0.3, -0.25) is 4.98 Å². The Morgan fingerprint density at radius 1 is 1.15 bits per heavy atom. The molecule has 2 unspecified atom stereocenters. The van der Waals surface area contributed by atoms with Crippen LogP contribution in [0, 0.1) is 5.92 Å². The van der Waals surface area contributed by atoms with Gasteiger partial charge in [-0.15, -0.1) is 0 Å². The maximum Gasteiger partial charge on any atom is 0.169 e. The van der Waals surface area contributed by atoms with Gasteiger partial charge in [0.1, 0.15) is 5.82 Å². The molecule has 4 N–H and O–H groups in total. The maximum atomic E-state index is 6.32. The van der Waals surface area contributed by atoms with Crippen molar-refractivity contribution in [1.29, 1.82) is 0 Å². The molecular formula is C26H43N7. The number of nitrogens with one attached hydrogen (secondary N) is 2. The van der Waals surface area contributed by atoms with Gasteiger partial charge >= 0.3 is 0 Å². The number of rotatable bonds is 9. The number of aromatic nitrogens is 1. The summed E-state index contributed by atoms with van der Waals surface area (Å²) >= 11 is 0. The van der Waals surface area contributed by atoms with E-state index in [0.717, 1.165) is 68.4 Å². The first-order valence-electron chi connectivity index (χ1n) is 12.6. The Morgan fingerprint density at radius 3 is 2.58 bits per heavy atom. The zero-order chi connectivity index (χ0) is 24.0. The molecule has 1 aromatic heterocycles. The molecule has 0 saturated heterocycles. The molecule has 182 valence electrons. The molecule has 0 amide bonds. The molecule has 0 saturated carbocycles. The Morgan fingerprint density at radius 2 is 1.88 bits per heavy atom. The topological polar surface area (TPSA) is 81.8 Å². The first kappa shape index (κ1) is 24.9. The van der Waals surface area contributed by atoms with E-state index in [1.807, 2.05) is 6.20 Å². The van der Waals surface area contributed by atoms with Crippen molar-refractivity contribution in [1.82, 2.24) is 15.2 Å². The zero-order valence-corrected chi connectivity index (χ0v) is 21.4. The number of anilines is 2. The largest absolute Gasteiger partial charge is 0.382 e. The highest BCUT2D eigenvalue weighted by molar-refractivity contribution is 5.97. The van der Waals surface area contributed by atoms with Crippen LogP contribution >= 0.6 is 0 Å². The van der Waals surface area contributed by atoms with Crippen LogP contribution in [0.25, 0.3) is 0 Å². The van der Waals surface area contributed by atoms with Gasteiger partial charge in [0.05, 0.1) is 17.6 Å². The van der Waals surface area contributed by atoms with Crippen LogP contribution in [0.5, 0.6) is 0 Å². The molecule has 3 heterocycles. The highest BCUT2D eigenvalue weighted by Gasteiger charge is 2.24. The van der Waals surface area contributed by atoms with Crippen LogP contribution in [0.15, 0.2) is 41.0 Å². The summed E-state index contributed by atoms with van der Waals surface area (Å²) < 4.78 is 0. The SMILES string of the molecule is C/C=C\C(=NC1=C(N)NCCN1C(C)C)C(C)CCC(C)N1CCNc2cnc(CC)cc21. The molecule has 7 nitrogen and oxygen atoms in total. The van der Waals surface area contributed by atoms with Crippen molar-refractivity contribution in [3.8, 4) is 0 Å². The van der Waals surface area contributed by atoms with Crippen molar-refractivity contribution in [3.05, 3.63) is 41.8 Å². The minimum atomic E-state index is 0.339. The lowest BCUT2D eigenvalue weighted by Crippen LogP contribution is -2.44. The average molecular weight is 454 g/mol. The van der Waals surface area contributed by atoms with Gasteiger partial charge in [-0.1, -0.05) is 19.9 Å². The molecule has 2 atom stereocenters. The van der Waals surface area contributed by atoms with Gasteiger partial charge in [-0.2, -0.15) is 0 Å². The number of allylic oxidation sites excluding steroid dienone is 2. The minimum Gasteiger partial charge on any atom is -0.382 e. The second-order valence-corrected chi connectivity index (χ2v) is 9.48. The standard InChI is InChI=1S/C26H43N7/c1-7-9-22(31-26-25(27)29-13-14-32(26)18(3)4)19(5)10-11-20(6)33-15-12-28-23-17-30-21(8-2)16-24(23)33/h7,9,16-20,28-29H,8,10-15,27H2,1-6H3/b9-7-,31-22?. The molecule has 2 aliphatic heterocycles. The summed E-state index contributed by atoms with van der Waals surface area (Å²) in [6.45, 7) is 17.0. The minimum absolute atomic E-state index is 0.339. The van der Waals surface area contributed by atoms with Crippen LogP contribution in [-0.2, 0) is 6.42 Å². The molecule has 1 aromatic rings. The lowest BCUT2D eigenvalue weighted by molar-refractivity contribution is 0.261. The van der Waals surface area contributed by atoms with Crippen LogP contribution in [0.3, 0.4) is 0 Å². The van der Waals surface area contributed by atoms with Gasteiger partial charge in [0.15, 0.2) is 5.82 Å². The second kappa shape index (κ2) is 11.4. The Hall–Kier alpha value is -2.70. The van der Waals surface area contributed by atoms with Gasteiger partial charge in [0.2, 0.25) is 0 Å². The summed E-state index contributed by atoms with van der Waals surface area (Å²) in [5.41, 5.74) is 11.0. The number of nitrogens with two attached hydrogens (primary N) is 1. The summed E-state index contributed by atoms with van der Waals surface area (Å²) in [4.78, 5) is 14.5. The predicted molar refractivity (Wildman–Crippen MR) is 141 cm³/mol.